The van der Waals surface area contributed by atoms with Crippen molar-refractivity contribution >= 4 is 11.4 Å². The largest absolute Gasteiger partial charge is 0.470 e. The van der Waals surface area contributed by atoms with Crippen LogP contribution in [0.5, 0.6) is 5.88 Å². The molecule has 28 heavy (non-hydrogen) atoms. The lowest BCUT2D eigenvalue weighted by molar-refractivity contribution is -0.131. The molecule has 0 saturated carbocycles. The van der Waals surface area contributed by atoms with Gasteiger partial charge in [0.1, 0.15) is 11.6 Å². The molecule has 1 aliphatic heterocycles. The Balaban J connectivity index is 1.59. The van der Waals surface area contributed by atoms with Gasteiger partial charge in [0.25, 0.3) is 0 Å². The number of likely N-dealkylation sites (N-methyl/N-ethyl adjacent to an activating group) is 1. The molecule has 4 heterocycles. The summed E-state index contributed by atoms with van der Waals surface area (Å²) in [5.41, 5.74) is 2.36. The number of carbonyl (C=O) groups is 1. The predicted molar refractivity (Wildman–Crippen MR) is 102 cm³/mol. The summed E-state index contributed by atoms with van der Waals surface area (Å²) in [5.74, 6) is 0.343. The summed E-state index contributed by atoms with van der Waals surface area (Å²) in [4.78, 5) is 18.2. The average molecular weight is 382 g/mol. The van der Waals surface area contributed by atoms with Gasteiger partial charge >= 0.3 is 0 Å². The minimum atomic E-state index is -0.228. The molecule has 1 fully saturated rings. The van der Waals surface area contributed by atoms with Crippen LogP contribution in [0.15, 0.2) is 43.5 Å². The SMILES string of the molecule is C=CC(=O)N(C)C1COCC(Oc2nc(-c3cnn(C)c3)cn3nccc23)C1. The van der Waals surface area contributed by atoms with Crippen LogP contribution in [0, 0.1) is 0 Å². The second kappa shape index (κ2) is 7.43. The Morgan fingerprint density at radius 1 is 1.39 bits per heavy atom. The van der Waals surface area contributed by atoms with E-state index in [-0.39, 0.29) is 18.1 Å². The molecule has 0 spiro atoms. The maximum atomic E-state index is 11.9. The first kappa shape index (κ1) is 18.2. The van der Waals surface area contributed by atoms with Crippen LogP contribution in [0.1, 0.15) is 6.42 Å². The highest BCUT2D eigenvalue weighted by molar-refractivity contribution is 5.87. The number of rotatable bonds is 5. The van der Waals surface area contributed by atoms with E-state index in [4.69, 9.17) is 9.47 Å². The number of hydrogen-bond donors (Lipinski definition) is 0. The van der Waals surface area contributed by atoms with Crippen molar-refractivity contribution in [1.29, 1.82) is 0 Å². The first-order valence-corrected chi connectivity index (χ1v) is 9.02. The monoisotopic (exact) mass is 382 g/mol. The number of ether oxygens (including phenoxy) is 2. The number of amides is 1. The van der Waals surface area contributed by atoms with Gasteiger partial charge in [0, 0.05) is 32.3 Å². The lowest BCUT2D eigenvalue weighted by atomic mass is 10.1. The number of nitrogens with zero attached hydrogens (tertiary/aromatic N) is 6. The lowest BCUT2D eigenvalue weighted by Crippen LogP contribution is -2.47. The Bertz CT molecular complexity index is 1010. The van der Waals surface area contributed by atoms with Gasteiger partial charge < -0.3 is 14.4 Å². The lowest BCUT2D eigenvalue weighted by Gasteiger charge is -2.34. The Labute approximate surface area is 162 Å². The molecular formula is C19H22N6O3. The van der Waals surface area contributed by atoms with Gasteiger partial charge in [0.05, 0.1) is 43.5 Å². The minimum absolute atomic E-state index is 0.0771. The number of aromatic nitrogens is 5. The van der Waals surface area contributed by atoms with Crippen LogP contribution in [-0.4, -0.2) is 67.6 Å². The van der Waals surface area contributed by atoms with E-state index in [1.807, 2.05) is 25.5 Å². The van der Waals surface area contributed by atoms with E-state index >= 15 is 0 Å². The van der Waals surface area contributed by atoms with Crippen molar-refractivity contribution in [2.45, 2.75) is 18.6 Å². The summed E-state index contributed by atoms with van der Waals surface area (Å²) in [7, 11) is 3.60. The van der Waals surface area contributed by atoms with E-state index in [1.54, 1.807) is 33.5 Å². The molecule has 0 radical (unpaired) electrons. The molecule has 0 aliphatic carbocycles. The van der Waals surface area contributed by atoms with Crippen LogP contribution < -0.4 is 4.74 Å². The van der Waals surface area contributed by atoms with Gasteiger partial charge in [-0.3, -0.25) is 9.48 Å². The minimum Gasteiger partial charge on any atom is -0.470 e. The van der Waals surface area contributed by atoms with E-state index in [0.717, 1.165) is 11.1 Å². The molecule has 1 aliphatic rings. The fourth-order valence-corrected chi connectivity index (χ4v) is 3.29. The normalized spacial score (nSPS) is 19.5. The second-order valence-electron chi connectivity index (χ2n) is 6.82. The van der Waals surface area contributed by atoms with Crippen LogP contribution in [0.3, 0.4) is 0 Å². The zero-order valence-corrected chi connectivity index (χ0v) is 15.9. The van der Waals surface area contributed by atoms with Crippen molar-refractivity contribution in [1.82, 2.24) is 29.3 Å². The van der Waals surface area contributed by atoms with Gasteiger partial charge in [-0.1, -0.05) is 6.58 Å². The van der Waals surface area contributed by atoms with E-state index in [9.17, 15) is 4.79 Å². The van der Waals surface area contributed by atoms with Gasteiger partial charge in [0.2, 0.25) is 11.8 Å². The maximum Gasteiger partial charge on any atom is 0.246 e. The third-order valence-electron chi connectivity index (χ3n) is 4.85. The zero-order valence-electron chi connectivity index (χ0n) is 15.9. The van der Waals surface area contributed by atoms with Crippen molar-refractivity contribution in [3.8, 4) is 17.1 Å². The van der Waals surface area contributed by atoms with Gasteiger partial charge in [0.15, 0.2) is 0 Å². The van der Waals surface area contributed by atoms with E-state index in [1.165, 1.54) is 6.08 Å². The Kier molecular flexibility index (Phi) is 4.82. The number of hydrogen-bond acceptors (Lipinski definition) is 6. The van der Waals surface area contributed by atoms with Gasteiger partial charge in [-0.25, -0.2) is 9.50 Å². The summed E-state index contributed by atoms with van der Waals surface area (Å²) in [5, 5.41) is 8.52. The average Bonchev–Trinajstić information content (AvgIpc) is 3.36. The van der Waals surface area contributed by atoms with Crippen LogP contribution in [0.4, 0.5) is 0 Å². The van der Waals surface area contributed by atoms with Crippen molar-refractivity contribution in [3.05, 3.63) is 43.5 Å². The highest BCUT2D eigenvalue weighted by Gasteiger charge is 2.29. The molecule has 1 amide bonds. The number of fused-ring (bicyclic) bond motifs is 1. The van der Waals surface area contributed by atoms with Gasteiger partial charge in [-0.15, -0.1) is 0 Å². The number of aryl methyl sites for hydroxylation is 1. The van der Waals surface area contributed by atoms with E-state index in [0.29, 0.717) is 31.2 Å². The van der Waals surface area contributed by atoms with Crippen molar-refractivity contribution in [2.75, 3.05) is 20.3 Å². The molecule has 9 heteroatoms. The fraction of sp³-hybridized carbons (Fsp3) is 0.368. The summed E-state index contributed by atoms with van der Waals surface area (Å²) in [6.07, 6.45) is 8.90. The Morgan fingerprint density at radius 2 is 2.25 bits per heavy atom. The first-order chi connectivity index (χ1) is 13.5. The van der Waals surface area contributed by atoms with Gasteiger partial charge in [-0.2, -0.15) is 10.2 Å². The van der Waals surface area contributed by atoms with Crippen LogP contribution >= 0.6 is 0 Å². The van der Waals surface area contributed by atoms with E-state index < -0.39 is 0 Å². The highest BCUT2D eigenvalue weighted by Crippen LogP contribution is 2.26. The molecule has 4 rings (SSSR count). The second-order valence-corrected chi connectivity index (χ2v) is 6.82. The molecule has 2 atom stereocenters. The third-order valence-corrected chi connectivity index (χ3v) is 4.85. The van der Waals surface area contributed by atoms with E-state index in [2.05, 4.69) is 21.8 Å². The van der Waals surface area contributed by atoms with Crippen LogP contribution in [-0.2, 0) is 16.6 Å². The zero-order chi connectivity index (χ0) is 19.7. The van der Waals surface area contributed by atoms with Gasteiger partial charge in [-0.05, 0) is 12.1 Å². The molecule has 0 N–H and O–H groups in total. The molecular weight excluding hydrogens is 360 g/mol. The predicted octanol–water partition coefficient (Wildman–Crippen LogP) is 1.31. The quantitative estimate of drug-likeness (QED) is 0.619. The van der Waals surface area contributed by atoms with Crippen molar-refractivity contribution < 1.29 is 14.3 Å². The first-order valence-electron chi connectivity index (χ1n) is 9.02. The summed E-state index contributed by atoms with van der Waals surface area (Å²) in [6, 6.07) is 1.77. The van der Waals surface area contributed by atoms with Crippen LogP contribution in [0.25, 0.3) is 16.8 Å². The third kappa shape index (κ3) is 3.48. The fourth-order valence-electron chi connectivity index (χ4n) is 3.29. The Hall–Kier alpha value is -3.20. The highest BCUT2D eigenvalue weighted by atomic mass is 16.5. The summed E-state index contributed by atoms with van der Waals surface area (Å²) >= 11 is 0. The number of carbonyl (C=O) groups excluding carboxylic acids is 1. The standard InChI is InChI=1S/C19H22N6O3/c1-4-18(26)24(3)14-7-15(12-27-11-14)28-19-17-5-6-20-25(17)10-16(22-19)13-8-21-23(2)9-13/h4-6,8-10,14-15H,1,7,11-12H2,2-3H3. The molecule has 3 aromatic rings. The van der Waals surface area contributed by atoms with Crippen molar-refractivity contribution in [2.24, 2.45) is 7.05 Å². The molecule has 9 nitrogen and oxygen atoms in total. The molecule has 2 unspecified atom stereocenters. The molecule has 0 aromatic carbocycles. The molecule has 0 bridgehead atoms. The molecule has 3 aromatic heterocycles. The molecule has 146 valence electrons. The summed E-state index contributed by atoms with van der Waals surface area (Å²) < 4.78 is 15.3. The molecule has 1 saturated heterocycles. The Morgan fingerprint density at radius 3 is 3.00 bits per heavy atom. The maximum absolute atomic E-state index is 11.9. The smallest absolute Gasteiger partial charge is 0.246 e. The summed E-state index contributed by atoms with van der Waals surface area (Å²) in [6.45, 7) is 4.45. The topological polar surface area (TPSA) is 86.8 Å². The van der Waals surface area contributed by atoms with Crippen LogP contribution in [0.2, 0.25) is 0 Å². The van der Waals surface area contributed by atoms with Crippen molar-refractivity contribution in [3.63, 3.8) is 0 Å².